The Bertz CT molecular complexity index is 1040. The van der Waals surface area contributed by atoms with Gasteiger partial charge in [0.15, 0.2) is 0 Å². The summed E-state index contributed by atoms with van der Waals surface area (Å²) in [5, 5.41) is 0. The van der Waals surface area contributed by atoms with E-state index in [-0.39, 0.29) is 10.8 Å². The first-order valence-electron chi connectivity index (χ1n) is 11.4. The lowest BCUT2D eigenvalue weighted by atomic mass is 9.52. The van der Waals surface area contributed by atoms with Gasteiger partial charge in [0.1, 0.15) is 11.4 Å². The summed E-state index contributed by atoms with van der Waals surface area (Å²) in [6, 6.07) is 0. The number of ether oxygens (including phenoxy) is 1. The van der Waals surface area contributed by atoms with Crippen molar-refractivity contribution in [1.82, 2.24) is 0 Å². The van der Waals surface area contributed by atoms with Gasteiger partial charge in [-0.2, -0.15) is 0 Å². The predicted octanol–water partition coefficient (Wildman–Crippen LogP) is 8.07. The maximum Gasteiger partial charge on any atom is 0.138 e. The molecular weight excluding hydrogens is 364 g/mol. The largest absolute Gasteiger partial charge is 0.482 e. The zero-order valence-corrected chi connectivity index (χ0v) is 21.9. The lowest BCUT2D eigenvalue weighted by Gasteiger charge is -2.59. The molecule has 0 aromatic heterocycles. The average Bonchev–Trinajstić information content (AvgIpc) is 2.66. The van der Waals surface area contributed by atoms with Crippen molar-refractivity contribution in [1.29, 1.82) is 0 Å². The van der Waals surface area contributed by atoms with Crippen LogP contribution < -0.4 is 4.74 Å². The quantitative estimate of drug-likeness (QED) is 0.465. The molecule has 0 radical (unpaired) electrons. The van der Waals surface area contributed by atoms with E-state index in [9.17, 15) is 0 Å². The zero-order valence-electron chi connectivity index (χ0n) is 21.9. The Hall–Kier alpha value is -1.76. The predicted molar refractivity (Wildman–Crippen MR) is 130 cm³/mol. The van der Waals surface area contributed by atoms with Crippen LogP contribution in [0.25, 0.3) is 0 Å². The Morgan fingerprint density at radius 3 is 1.20 bits per heavy atom. The second kappa shape index (κ2) is 6.62. The van der Waals surface area contributed by atoms with Gasteiger partial charge < -0.3 is 4.74 Å². The van der Waals surface area contributed by atoms with E-state index in [1.54, 1.807) is 0 Å². The van der Waals surface area contributed by atoms with E-state index in [0.29, 0.717) is 0 Å². The molecule has 1 heteroatoms. The van der Waals surface area contributed by atoms with Crippen molar-refractivity contribution in [3.63, 3.8) is 0 Å². The van der Waals surface area contributed by atoms with Crippen molar-refractivity contribution in [2.24, 2.45) is 5.41 Å². The van der Waals surface area contributed by atoms with E-state index < -0.39 is 5.60 Å². The van der Waals surface area contributed by atoms with Gasteiger partial charge in [-0.05, 0) is 119 Å². The van der Waals surface area contributed by atoms with Crippen LogP contribution >= 0.6 is 0 Å². The number of fused-ring (bicyclic) bond motifs is 1. The molecule has 1 unspecified atom stereocenters. The summed E-state index contributed by atoms with van der Waals surface area (Å²) in [6.07, 6.45) is 0. The molecule has 1 aliphatic heterocycles. The Labute approximate surface area is 185 Å². The fraction of sp³-hybridized carbons (Fsp3) is 0.586. The molecule has 0 N–H and O–H groups in total. The maximum atomic E-state index is 7.22. The molecule has 0 bridgehead atoms. The molecule has 2 aromatic carbocycles. The van der Waals surface area contributed by atoms with Gasteiger partial charge in [0.05, 0.1) is 0 Å². The monoisotopic (exact) mass is 406 g/mol. The van der Waals surface area contributed by atoms with Crippen molar-refractivity contribution >= 4 is 0 Å². The van der Waals surface area contributed by atoms with Crippen LogP contribution in [0.4, 0.5) is 0 Å². The van der Waals surface area contributed by atoms with Crippen LogP contribution in [0.2, 0.25) is 0 Å². The minimum absolute atomic E-state index is 0.0474. The topological polar surface area (TPSA) is 9.23 Å². The average molecular weight is 407 g/mol. The Morgan fingerprint density at radius 1 is 0.433 bits per heavy atom. The molecule has 1 aliphatic rings. The molecule has 2 aromatic rings. The van der Waals surface area contributed by atoms with Crippen LogP contribution in [0, 0.1) is 67.7 Å². The highest BCUT2D eigenvalue weighted by atomic mass is 16.5. The molecule has 0 spiro atoms. The summed E-state index contributed by atoms with van der Waals surface area (Å²) in [7, 11) is 0. The Kier molecular flexibility index (Phi) is 5.05. The Balaban J connectivity index is 2.50. The zero-order chi connectivity index (χ0) is 23.1. The summed E-state index contributed by atoms with van der Waals surface area (Å²) in [5.41, 5.74) is 14.6. The summed E-state index contributed by atoms with van der Waals surface area (Å²) in [4.78, 5) is 0. The van der Waals surface area contributed by atoms with Crippen molar-refractivity contribution in [2.75, 3.05) is 0 Å². The van der Waals surface area contributed by atoms with Gasteiger partial charge >= 0.3 is 0 Å². The summed E-state index contributed by atoms with van der Waals surface area (Å²) in [6.45, 7) is 32.4. The fourth-order valence-corrected chi connectivity index (χ4v) is 5.98. The van der Waals surface area contributed by atoms with E-state index in [2.05, 4.69) is 96.9 Å². The Morgan fingerprint density at radius 2 is 0.767 bits per heavy atom. The second-order valence-corrected chi connectivity index (χ2v) is 11.1. The third-order valence-electron chi connectivity index (χ3n) is 9.79. The van der Waals surface area contributed by atoms with Gasteiger partial charge in [-0.1, -0.05) is 27.7 Å². The molecule has 1 atom stereocenters. The molecule has 1 heterocycles. The normalized spacial score (nSPS) is 21.9. The third-order valence-corrected chi connectivity index (χ3v) is 9.79. The molecule has 0 saturated heterocycles. The maximum absolute atomic E-state index is 7.22. The summed E-state index contributed by atoms with van der Waals surface area (Å²) >= 11 is 0. The highest BCUT2D eigenvalue weighted by Crippen LogP contribution is 2.62. The first-order chi connectivity index (χ1) is 13.5. The molecule has 1 nitrogen and oxygen atoms in total. The van der Waals surface area contributed by atoms with Crippen molar-refractivity contribution in [2.45, 2.75) is 108 Å². The van der Waals surface area contributed by atoms with E-state index >= 15 is 0 Å². The minimum Gasteiger partial charge on any atom is -0.482 e. The van der Waals surface area contributed by atoms with Gasteiger partial charge in [-0.3, -0.25) is 0 Å². The number of hydrogen-bond donors (Lipinski definition) is 0. The SMILES string of the molecule is Cc1c(C)c(C)c(C2(C)Oc3c(C)c(C)c(C)c(C)c3C(C)(C)C2(C)C)c(C)c1C. The molecular formula is C29H42O. The molecule has 0 saturated carbocycles. The van der Waals surface area contributed by atoms with E-state index in [4.69, 9.17) is 4.74 Å². The summed E-state index contributed by atoms with van der Waals surface area (Å²) in [5.74, 6) is 1.11. The van der Waals surface area contributed by atoms with Crippen molar-refractivity contribution in [3.8, 4) is 5.75 Å². The molecule has 0 aliphatic carbocycles. The van der Waals surface area contributed by atoms with Crippen molar-refractivity contribution in [3.05, 3.63) is 61.2 Å². The van der Waals surface area contributed by atoms with Gasteiger partial charge in [0.25, 0.3) is 0 Å². The van der Waals surface area contributed by atoms with Crippen LogP contribution in [-0.4, -0.2) is 0 Å². The van der Waals surface area contributed by atoms with Gasteiger partial charge in [-0.25, -0.2) is 0 Å². The highest BCUT2D eigenvalue weighted by Gasteiger charge is 2.59. The molecule has 0 fully saturated rings. The van der Waals surface area contributed by atoms with Crippen LogP contribution in [0.3, 0.4) is 0 Å². The number of hydrogen-bond acceptors (Lipinski definition) is 1. The molecule has 164 valence electrons. The van der Waals surface area contributed by atoms with Gasteiger partial charge in [0.2, 0.25) is 0 Å². The van der Waals surface area contributed by atoms with Crippen LogP contribution in [0.5, 0.6) is 5.75 Å². The molecule has 30 heavy (non-hydrogen) atoms. The number of rotatable bonds is 1. The molecule has 3 rings (SSSR count). The lowest BCUT2D eigenvalue weighted by Crippen LogP contribution is -2.58. The first kappa shape index (κ1) is 22.9. The molecule has 0 amide bonds. The smallest absolute Gasteiger partial charge is 0.138 e. The van der Waals surface area contributed by atoms with Gasteiger partial charge in [0, 0.05) is 22.0 Å². The first-order valence-corrected chi connectivity index (χ1v) is 11.4. The van der Waals surface area contributed by atoms with Crippen LogP contribution in [0.1, 0.15) is 95.8 Å². The number of benzene rings is 2. The third kappa shape index (κ3) is 2.53. The van der Waals surface area contributed by atoms with Gasteiger partial charge in [-0.15, -0.1) is 0 Å². The fourth-order valence-electron chi connectivity index (χ4n) is 5.98. The second-order valence-electron chi connectivity index (χ2n) is 11.1. The van der Waals surface area contributed by atoms with Crippen molar-refractivity contribution < 1.29 is 4.74 Å². The van der Waals surface area contributed by atoms with E-state index in [1.807, 2.05) is 0 Å². The van der Waals surface area contributed by atoms with E-state index in [1.165, 1.54) is 61.2 Å². The standard InChI is InChI=1S/C29H42O/c1-15-16(2)20(6)24(21(7)17(15)3)29(14)28(12,13)27(10,11)25-22(8)18(4)19(5)23(9)26(25)30-29/h1-14H3. The van der Waals surface area contributed by atoms with E-state index in [0.717, 1.165) is 5.75 Å². The summed E-state index contributed by atoms with van der Waals surface area (Å²) < 4.78 is 7.22. The lowest BCUT2D eigenvalue weighted by molar-refractivity contribution is -0.0953. The van der Waals surface area contributed by atoms with Crippen LogP contribution in [0.15, 0.2) is 0 Å². The highest BCUT2D eigenvalue weighted by molar-refractivity contribution is 5.61. The van der Waals surface area contributed by atoms with Crippen LogP contribution in [-0.2, 0) is 11.0 Å². The minimum atomic E-state index is -0.431.